The number of likely N-dealkylation sites (tertiary alicyclic amines) is 1. The molecular formula is C26H26F4N4O2. The number of rotatable bonds is 3. The lowest BCUT2D eigenvalue weighted by atomic mass is 9.78. The summed E-state index contributed by atoms with van der Waals surface area (Å²) in [6.07, 6.45) is -0.421. The molecule has 4 heterocycles. The van der Waals surface area contributed by atoms with E-state index < -0.39 is 6.36 Å². The van der Waals surface area contributed by atoms with Crippen molar-refractivity contribution >= 4 is 16.9 Å². The molecule has 1 amide bonds. The van der Waals surface area contributed by atoms with Crippen LogP contribution in [0.5, 0.6) is 5.75 Å². The van der Waals surface area contributed by atoms with Crippen LogP contribution in [-0.4, -0.2) is 53.3 Å². The van der Waals surface area contributed by atoms with E-state index in [9.17, 15) is 18.0 Å². The summed E-state index contributed by atoms with van der Waals surface area (Å²) in [5.74, 6) is 0.181. The molecule has 1 aromatic carbocycles. The summed E-state index contributed by atoms with van der Waals surface area (Å²) in [7, 11) is 0. The molecule has 0 bridgehead atoms. The highest BCUT2D eigenvalue weighted by Gasteiger charge is 2.37. The number of halogens is 4. The van der Waals surface area contributed by atoms with Crippen molar-refractivity contribution in [3.05, 3.63) is 58.7 Å². The fraction of sp³-hybridized carbons (Fsp3) is 0.462. The van der Waals surface area contributed by atoms with Crippen LogP contribution < -0.4 is 10.1 Å². The summed E-state index contributed by atoms with van der Waals surface area (Å²) in [6, 6.07) is 4.93. The van der Waals surface area contributed by atoms with Crippen LogP contribution in [-0.2, 0) is 12.8 Å². The number of pyridine rings is 1. The van der Waals surface area contributed by atoms with Crippen molar-refractivity contribution in [2.45, 2.75) is 38.0 Å². The smallest absolute Gasteiger partial charge is 0.406 e. The third-order valence-electron chi connectivity index (χ3n) is 7.94. The number of amides is 1. The highest BCUT2D eigenvalue weighted by atomic mass is 19.4. The van der Waals surface area contributed by atoms with Gasteiger partial charge in [0.05, 0.1) is 6.20 Å². The van der Waals surface area contributed by atoms with Crippen LogP contribution in [0, 0.1) is 17.7 Å². The molecule has 6 rings (SSSR count). The first-order valence-corrected chi connectivity index (χ1v) is 12.3. The Labute approximate surface area is 205 Å². The Hall–Kier alpha value is -3.14. The summed E-state index contributed by atoms with van der Waals surface area (Å²) in [5.41, 5.74) is 4.09. The van der Waals surface area contributed by atoms with Crippen LogP contribution in [0.25, 0.3) is 11.0 Å². The van der Waals surface area contributed by atoms with Crippen molar-refractivity contribution in [1.82, 2.24) is 20.2 Å². The van der Waals surface area contributed by atoms with E-state index >= 15 is 4.39 Å². The summed E-state index contributed by atoms with van der Waals surface area (Å²) < 4.78 is 56.3. The van der Waals surface area contributed by atoms with E-state index in [0.717, 1.165) is 49.1 Å². The van der Waals surface area contributed by atoms with Gasteiger partial charge in [0.2, 0.25) is 0 Å². The lowest BCUT2D eigenvalue weighted by molar-refractivity contribution is -0.274. The molecule has 0 saturated carbocycles. The average molecular weight is 503 g/mol. The molecule has 2 fully saturated rings. The van der Waals surface area contributed by atoms with Gasteiger partial charge in [-0.1, -0.05) is 0 Å². The number of aromatic nitrogens is 2. The standard InChI is InChI=1S/C26H26F4N4O2/c27-20-13-32-24-23(19-9-16-11-31-12-17(16)10-21(19)33-24)22(20)14-5-7-34(8-6-14)25(35)15-1-3-18(4-2-15)36-26(28,29)30/h1-4,13-14,16-17,31H,5-12H2,(H,32,33). The fourth-order valence-corrected chi connectivity index (χ4v) is 6.21. The SMILES string of the molecule is O=C(c1ccc(OC(F)(F)F)cc1)N1CCC(c2c(F)cnc3[nH]c4c(c23)CC2CNCC2C4)CC1. The number of carbonyl (C=O) groups is 1. The van der Waals surface area contributed by atoms with E-state index in [-0.39, 0.29) is 23.4 Å². The number of aromatic amines is 1. The molecule has 10 heteroatoms. The first-order valence-electron chi connectivity index (χ1n) is 12.3. The summed E-state index contributed by atoms with van der Waals surface area (Å²) >= 11 is 0. The van der Waals surface area contributed by atoms with Crippen molar-refractivity contribution in [1.29, 1.82) is 0 Å². The van der Waals surface area contributed by atoms with Crippen LogP contribution >= 0.6 is 0 Å². The van der Waals surface area contributed by atoms with Gasteiger partial charge in [-0.25, -0.2) is 9.37 Å². The van der Waals surface area contributed by atoms with Crippen LogP contribution in [0.2, 0.25) is 0 Å². The predicted molar refractivity (Wildman–Crippen MR) is 124 cm³/mol. The van der Waals surface area contributed by atoms with Gasteiger partial charge in [-0.05, 0) is 86.4 Å². The Morgan fingerprint density at radius 3 is 2.44 bits per heavy atom. The van der Waals surface area contributed by atoms with Gasteiger partial charge in [0, 0.05) is 35.3 Å². The second kappa shape index (κ2) is 8.76. The number of ether oxygens (including phenoxy) is 1. The van der Waals surface area contributed by atoms with E-state index in [1.807, 2.05) is 0 Å². The molecule has 2 saturated heterocycles. The molecule has 6 nitrogen and oxygen atoms in total. The quantitative estimate of drug-likeness (QED) is 0.516. The van der Waals surface area contributed by atoms with Crippen molar-refractivity contribution in [3.8, 4) is 5.75 Å². The van der Waals surface area contributed by atoms with E-state index in [0.29, 0.717) is 48.9 Å². The minimum Gasteiger partial charge on any atom is -0.406 e. The third-order valence-corrected chi connectivity index (χ3v) is 7.94. The number of hydrogen-bond donors (Lipinski definition) is 2. The number of piperidine rings is 1. The minimum atomic E-state index is -4.78. The number of H-pyrrole nitrogens is 1. The second-order valence-electron chi connectivity index (χ2n) is 10.1. The minimum absolute atomic E-state index is 0.0403. The topological polar surface area (TPSA) is 70.2 Å². The fourth-order valence-electron chi connectivity index (χ4n) is 6.21. The van der Waals surface area contributed by atoms with E-state index in [2.05, 4.69) is 20.0 Å². The maximum atomic E-state index is 15.2. The first-order chi connectivity index (χ1) is 17.3. The number of alkyl halides is 3. The van der Waals surface area contributed by atoms with E-state index in [1.165, 1.54) is 29.6 Å². The summed E-state index contributed by atoms with van der Waals surface area (Å²) in [5, 5.41) is 4.39. The monoisotopic (exact) mass is 502 g/mol. The van der Waals surface area contributed by atoms with Crippen LogP contribution in [0.1, 0.15) is 45.9 Å². The molecule has 2 aliphatic heterocycles. The van der Waals surface area contributed by atoms with Crippen molar-refractivity contribution in [2.24, 2.45) is 11.8 Å². The zero-order chi connectivity index (χ0) is 25.0. The zero-order valence-electron chi connectivity index (χ0n) is 19.5. The largest absolute Gasteiger partial charge is 0.573 e. The average Bonchev–Trinajstić information content (AvgIpc) is 3.45. The zero-order valence-corrected chi connectivity index (χ0v) is 19.5. The van der Waals surface area contributed by atoms with Gasteiger partial charge in [-0.2, -0.15) is 0 Å². The molecule has 2 aromatic heterocycles. The number of benzene rings is 1. The Kier molecular flexibility index (Phi) is 5.66. The molecule has 0 spiro atoms. The number of nitrogens with one attached hydrogen (secondary N) is 2. The van der Waals surface area contributed by atoms with E-state index in [4.69, 9.17) is 0 Å². The lowest BCUT2D eigenvalue weighted by Crippen LogP contribution is -2.38. The molecule has 190 valence electrons. The second-order valence-corrected chi connectivity index (χ2v) is 10.1. The molecule has 3 aliphatic rings. The van der Waals surface area contributed by atoms with Gasteiger partial charge in [-0.15, -0.1) is 13.2 Å². The van der Waals surface area contributed by atoms with Gasteiger partial charge in [0.25, 0.3) is 5.91 Å². The van der Waals surface area contributed by atoms with Crippen molar-refractivity contribution < 1.29 is 27.1 Å². The van der Waals surface area contributed by atoms with Gasteiger partial charge < -0.3 is 19.9 Å². The first kappa shape index (κ1) is 23.3. The number of fused-ring (bicyclic) bond motifs is 4. The normalized spacial score (nSPS) is 22.5. The third kappa shape index (κ3) is 4.21. The van der Waals surface area contributed by atoms with Crippen LogP contribution in [0.4, 0.5) is 17.6 Å². The Morgan fingerprint density at radius 1 is 1.06 bits per heavy atom. The summed E-state index contributed by atoms with van der Waals surface area (Å²) in [4.78, 5) is 22.4. The molecule has 1 aliphatic carbocycles. The highest BCUT2D eigenvalue weighted by Crippen LogP contribution is 2.41. The van der Waals surface area contributed by atoms with Gasteiger partial charge >= 0.3 is 6.36 Å². The molecule has 0 radical (unpaired) electrons. The summed E-state index contributed by atoms with van der Waals surface area (Å²) in [6.45, 7) is 2.88. The van der Waals surface area contributed by atoms with Gasteiger partial charge in [0.15, 0.2) is 0 Å². The molecule has 3 aromatic rings. The van der Waals surface area contributed by atoms with E-state index in [1.54, 1.807) is 4.90 Å². The highest BCUT2D eigenvalue weighted by molar-refractivity contribution is 5.94. The molecular weight excluding hydrogens is 476 g/mol. The number of hydrogen-bond acceptors (Lipinski definition) is 4. The Balaban J connectivity index is 1.19. The maximum Gasteiger partial charge on any atom is 0.573 e. The van der Waals surface area contributed by atoms with Crippen LogP contribution in [0.3, 0.4) is 0 Å². The molecule has 36 heavy (non-hydrogen) atoms. The number of nitrogens with zero attached hydrogens (tertiary/aromatic N) is 2. The van der Waals surface area contributed by atoms with Crippen molar-refractivity contribution in [3.63, 3.8) is 0 Å². The Morgan fingerprint density at radius 2 is 1.75 bits per heavy atom. The maximum absolute atomic E-state index is 15.2. The Bertz CT molecular complexity index is 1300. The molecule has 2 atom stereocenters. The lowest BCUT2D eigenvalue weighted by Gasteiger charge is -2.33. The molecule has 2 N–H and O–H groups in total. The molecule has 2 unspecified atom stereocenters. The van der Waals surface area contributed by atoms with Crippen LogP contribution in [0.15, 0.2) is 30.5 Å². The van der Waals surface area contributed by atoms with Gasteiger partial charge in [0.1, 0.15) is 17.2 Å². The van der Waals surface area contributed by atoms with Crippen molar-refractivity contribution in [2.75, 3.05) is 26.2 Å². The number of carbonyl (C=O) groups excluding carboxylic acids is 1. The van der Waals surface area contributed by atoms with Gasteiger partial charge in [-0.3, -0.25) is 4.79 Å². The predicted octanol–water partition coefficient (Wildman–Crippen LogP) is 4.55.